The highest BCUT2D eigenvalue weighted by atomic mass is 32.2. The molecular weight excluding hydrogens is 392 g/mol. The summed E-state index contributed by atoms with van der Waals surface area (Å²) in [5.74, 6) is 0.802. The molecule has 1 aromatic carbocycles. The molecule has 3 rings (SSSR count). The van der Waals surface area contributed by atoms with Gasteiger partial charge in [-0.05, 0) is 24.1 Å². The van der Waals surface area contributed by atoms with E-state index >= 15 is 0 Å². The molecule has 28 heavy (non-hydrogen) atoms. The largest absolute Gasteiger partial charge is 0.296 e. The highest BCUT2D eigenvalue weighted by Crippen LogP contribution is 2.21. The number of benzene rings is 1. The van der Waals surface area contributed by atoms with Gasteiger partial charge in [0, 0.05) is 51.1 Å². The van der Waals surface area contributed by atoms with Crippen molar-refractivity contribution in [3.8, 4) is 6.07 Å². The molecule has 0 bridgehead atoms. The first kappa shape index (κ1) is 20.8. The summed E-state index contributed by atoms with van der Waals surface area (Å²) in [5.41, 5.74) is 1.24. The van der Waals surface area contributed by atoms with Crippen molar-refractivity contribution in [2.45, 2.75) is 29.3 Å². The van der Waals surface area contributed by atoms with Crippen LogP contribution >= 0.6 is 11.8 Å². The first-order valence-electron chi connectivity index (χ1n) is 9.32. The van der Waals surface area contributed by atoms with E-state index in [1.807, 2.05) is 18.2 Å². The molecule has 1 aliphatic heterocycles. The van der Waals surface area contributed by atoms with Gasteiger partial charge in [0.15, 0.2) is 0 Å². The molecule has 6 nitrogen and oxygen atoms in total. The van der Waals surface area contributed by atoms with Crippen LogP contribution in [-0.4, -0.2) is 54.5 Å². The minimum absolute atomic E-state index is 0.241. The fraction of sp³-hybridized carbons (Fsp3) is 0.400. The lowest BCUT2D eigenvalue weighted by atomic mass is 10.2. The first-order chi connectivity index (χ1) is 13.6. The third kappa shape index (κ3) is 5.55. The van der Waals surface area contributed by atoms with Crippen molar-refractivity contribution in [2.24, 2.45) is 0 Å². The summed E-state index contributed by atoms with van der Waals surface area (Å²) in [6, 6.07) is 15.7. The Morgan fingerprint density at radius 3 is 2.46 bits per heavy atom. The molecule has 0 saturated carbocycles. The van der Waals surface area contributed by atoms with Crippen LogP contribution in [0.2, 0.25) is 0 Å². The van der Waals surface area contributed by atoms with Crippen molar-refractivity contribution in [2.75, 3.05) is 31.9 Å². The number of hydrogen-bond acceptors (Lipinski definition) is 6. The maximum Gasteiger partial charge on any atom is 0.244 e. The number of hydrogen-bond donors (Lipinski definition) is 0. The predicted octanol–water partition coefficient (Wildman–Crippen LogP) is 2.98. The second-order valence-electron chi connectivity index (χ2n) is 6.61. The lowest BCUT2D eigenvalue weighted by Gasteiger charge is -2.33. The highest BCUT2D eigenvalue weighted by molar-refractivity contribution is 7.99. The zero-order chi connectivity index (χ0) is 19.8. The fourth-order valence-electron chi connectivity index (χ4n) is 3.05. The molecule has 1 aliphatic rings. The van der Waals surface area contributed by atoms with Crippen LogP contribution < -0.4 is 0 Å². The number of pyridine rings is 1. The number of thioether (sulfide) groups is 1. The third-order valence-corrected chi connectivity index (χ3v) is 7.52. The number of nitriles is 1. The lowest BCUT2D eigenvalue weighted by Crippen LogP contribution is -2.48. The SMILES string of the molecule is N#CCCCSc1ccc(S(=O)(=O)N2CCN(Cc3ccccc3)CC2)cn1. The average Bonchev–Trinajstić information content (AvgIpc) is 2.73. The van der Waals surface area contributed by atoms with Crippen LogP contribution in [-0.2, 0) is 16.6 Å². The van der Waals surface area contributed by atoms with Crippen molar-refractivity contribution in [1.82, 2.24) is 14.2 Å². The van der Waals surface area contributed by atoms with Crippen LogP contribution in [0.25, 0.3) is 0 Å². The van der Waals surface area contributed by atoms with Gasteiger partial charge in [0.2, 0.25) is 10.0 Å². The molecule has 0 N–H and O–H groups in total. The van der Waals surface area contributed by atoms with Gasteiger partial charge < -0.3 is 0 Å². The Bertz CT molecular complexity index is 888. The van der Waals surface area contributed by atoms with Crippen molar-refractivity contribution in [1.29, 1.82) is 5.26 Å². The number of aromatic nitrogens is 1. The second kappa shape index (κ2) is 10.0. The summed E-state index contributed by atoms with van der Waals surface area (Å²) >= 11 is 1.54. The molecule has 2 heterocycles. The van der Waals surface area contributed by atoms with E-state index in [2.05, 4.69) is 28.1 Å². The van der Waals surface area contributed by atoms with Gasteiger partial charge in [-0.2, -0.15) is 9.57 Å². The Morgan fingerprint density at radius 2 is 1.82 bits per heavy atom. The Labute approximate surface area is 171 Å². The standard InChI is InChI=1S/C20H24N4O2S2/c21-10-4-5-15-27-20-9-8-19(16-22-20)28(25,26)24-13-11-23(12-14-24)17-18-6-2-1-3-7-18/h1-3,6-9,16H,4-5,11-15,17H2. The summed E-state index contributed by atoms with van der Waals surface area (Å²) in [6.07, 6.45) is 2.77. The van der Waals surface area contributed by atoms with Crippen LogP contribution in [0.5, 0.6) is 0 Å². The zero-order valence-corrected chi connectivity index (χ0v) is 17.3. The van der Waals surface area contributed by atoms with E-state index in [1.165, 1.54) is 23.5 Å². The first-order valence-corrected chi connectivity index (χ1v) is 11.7. The molecule has 2 aromatic rings. The molecule has 1 fully saturated rings. The molecule has 0 radical (unpaired) electrons. The molecule has 1 aromatic heterocycles. The van der Waals surface area contributed by atoms with Gasteiger partial charge in [-0.15, -0.1) is 11.8 Å². The molecular formula is C20H24N4O2S2. The maximum atomic E-state index is 12.9. The molecule has 0 atom stereocenters. The molecule has 0 amide bonds. The number of unbranched alkanes of at least 4 members (excludes halogenated alkanes) is 1. The number of rotatable bonds is 8. The van der Waals surface area contributed by atoms with Gasteiger partial charge in [0.25, 0.3) is 0 Å². The van der Waals surface area contributed by atoms with Gasteiger partial charge in [0.05, 0.1) is 11.1 Å². The van der Waals surface area contributed by atoms with E-state index < -0.39 is 10.0 Å². The van der Waals surface area contributed by atoms with Gasteiger partial charge in [-0.3, -0.25) is 4.90 Å². The number of piperazine rings is 1. The second-order valence-corrected chi connectivity index (χ2v) is 9.66. The van der Waals surface area contributed by atoms with E-state index in [9.17, 15) is 8.42 Å². The Kier molecular flexibility index (Phi) is 7.45. The molecule has 8 heteroatoms. The topological polar surface area (TPSA) is 77.3 Å². The summed E-state index contributed by atoms with van der Waals surface area (Å²) in [6.45, 7) is 3.25. The number of sulfonamides is 1. The minimum atomic E-state index is -3.51. The lowest BCUT2D eigenvalue weighted by molar-refractivity contribution is 0.181. The monoisotopic (exact) mass is 416 g/mol. The van der Waals surface area contributed by atoms with Crippen LogP contribution in [0.1, 0.15) is 18.4 Å². The number of nitrogens with zero attached hydrogens (tertiary/aromatic N) is 4. The molecule has 1 saturated heterocycles. The molecule has 0 aliphatic carbocycles. The molecule has 148 valence electrons. The summed E-state index contributed by atoms with van der Waals surface area (Å²) < 4.78 is 27.3. The van der Waals surface area contributed by atoms with E-state index in [0.717, 1.165) is 23.7 Å². The highest BCUT2D eigenvalue weighted by Gasteiger charge is 2.28. The Morgan fingerprint density at radius 1 is 1.07 bits per heavy atom. The Balaban J connectivity index is 1.54. The molecule has 0 unspecified atom stereocenters. The predicted molar refractivity (Wildman–Crippen MR) is 110 cm³/mol. The van der Waals surface area contributed by atoms with Gasteiger partial charge in [-0.25, -0.2) is 13.4 Å². The maximum absolute atomic E-state index is 12.9. The molecule has 0 spiro atoms. The van der Waals surface area contributed by atoms with E-state index in [0.29, 0.717) is 32.6 Å². The summed E-state index contributed by atoms with van der Waals surface area (Å²) in [5, 5.41) is 9.34. The van der Waals surface area contributed by atoms with Crippen LogP contribution in [0.4, 0.5) is 0 Å². The normalized spacial score (nSPS) is 16.0. The van der Waals surface area contributed by atoms with Crippen LogP contribution in [0, 0.1) is 11.3 Å². The van der Waals surface area contributed by atoms with E-state index in [1.54, 1.807) is 16.4 Å². The van der Waals surface area contributed by atoms with Crippen LogP contribution in [0.3, 0.4) is 0 Å². The van der Waals surface area contributed by atoms with E-state index in [-0.39, 0.29) is 4.90 Å². The quantitative estimate of drug-likeness (QED) is 0.486. The van der Waals surface area contributed by atoms with Gasteiger partial charge >= 0.3 is 0 Å². The van der Waals surface area contributed by atoms with Crippen molar-refractivity contribution < 1.29 is 8.42 Å². The summed E-state index contributed by atoms with van der Waals surface area (Å²) in [7, 11) is -3.51. The van der Waals surface area contributed by atoms with Gasteiger partial charge in [-0.1, -0.05) is 30.3 Å². The fourth-order valence-corrected chi connectivity index (χ4v) is 5.21. The zero-order valence-electron chi connectivity index (χ0n) is 15.7. The van der Waals surface area contributed by atoms with Crippen molar-refractivity contribution in [3.05, 3.63) is 54.2 Å². The van der Waals surface area contributed by atoms with Gasteiger partial charge in [0.1, 0.15) is 4.90 Å². The van der Waals surface area contributed by atoms with Crippen molar-refractivity contribution >= 4 is 21.8 Å². The third-order valence-electron chi connectivity index (χ3n) is 4.61. The van der Waals surface area contributed by atoms with E-state index in [4.69, 9.17) is 5.26 Å². The van der Waals surface area contributed by atoms with Crippen LogP contribution in [0.15, 0.2) is 58.6 Å². The summed E-state index contributed by atoms with van der Waals surface area (Å²) in [4.78, 5) is 6.79. The van der Waals surface area contributed by atoms with Crippen molar-refractivity contribution in [3.63, 3.8) is 0 Å². The minimum Gasteiger partial charge on any atom is -0.296 e. The smallest absolute Gasteiger partial charge is 0.244 e. The Hall–Kier alpha value is -1.92. The average molecular weight is 417 g/mol.